The summed E-state index contributed by atoms with van der Waals surface area (Å²) in [7, 11) is 0. The van der Waals surface area contributed by atoms with E-state index in [1.54, 1.807) is 0 Å². The van der Waals surface area contributed by atoms with Gasteiger partial charge in [0.05, 0.1) is 0 Å². The highest BCUT2D eigenvalue weighted by molar-refractivity contribution is 4.90. The first kappa shape index (κ1) is 15.8. The molecule has 122 valence electrons. The predicted molar refractivity (Wildman–Crippen MR) is 90.6 cm³/mol. The van der Waals surface area contributed by atoms with Crippen molar-refractivity contribution in [3.63, 3.8) is 0 Å². The van der Waals surface area contributed by atoms with Gasteiger partial charge in [0, 0.05) is 18.6 Å². The predicted octanol–water partition coefficient (Wildman–Crippen LogP) is 4.20. The van der Waals surface area contributed by atoms with Crippen molar-refractivity contribution in [2.45, 2.75) is 89.6 Å². The zero-order valence-electron chi connectivity index (χ0n) is 14.2. The molecular weight excluding hydrogens is 256 g/mol. The van der Waals surface area contributed by atoms with Crippen molar-refractivity contribution < 1.29 is 0 Å². The Labute approximate surface area is 132 Å². The van der Waals surface area contributed by atoms with E-state index in [-0.39, 0.29) is 0 Å². The SMILES string of the molecule is CCC1CCCCC1N1CCCNC(C2CCCCC2)C1. The average Bonchev–Trinajstić information content (AvgIpc) is 2.81. The molecule has 1 N–H and O–H groups in total. The van der Waals surface area contributed by atoms with E-state index >= 15 is 0 Å². The highest BCUT2D eigenvalue weighted by atomic mass is 15.2. The lowest BCUT2D eigenvalue weighted by Gasteiger charge is -2.41. The third-order valence-corrected chi connectivity index (χ3v) is 6.54. The highest BCUT2D eigenvalue weighted by Gasteiger charge is 2.33. The molecule has 1 saturated heterocycles. The molecule has 0 amide bonds. The van der Waals surface area contributed by atoms with Crippen LogP contribution >= 0.6 is 0 Å². The molecule has 0 aromatic carbocycles. The quantitative estimate of drug-likeness (QED) is 0.838. The van der Waals surface area contributed by atoms with Gasteiger partial charge in [-0.3, -0.25) is 4.90 Å². The van der Waals surface area contributed by atoms with E-state index in [0.717, 1.165) is 23.9 Å². The molecule has 21 heavy (non-hydrogen) atoms. The number of hydrogen-bond donors (Lipinski definition) is 1. The van der Waals surface area contributed by atoms with Gasteiger partial charge in [-0.25, -0.2) is 0 Å². The van der Waals surface area contributed by atoms with Crippen LogP contribution < -0.4 is 5.32 Å². The number of rotatable bonds is 3. The summed E-state index contributed by atoms with van der Waals surface area (Å²) in [5.41, 5.74) is 0. The van der Waals surface area contributed by atoms with Crippen LogP contribution in [0.15, 0.2) is 0 Å². The number of nitrogens with zero attached hydrogens (tertiary/aromatic N) is 1. The van der Waals surface area contributed by atoms with E-state index in [0.29, 0.717) is 0 Å². The standard InChI is InChI=1S/C19H36N2/c1-2-16-9-6-7-12-19(16)21-14-8-13-20-18(15-21)17-10-4-3-5-11-17/h16-20H,2-15H2,1H3. The fourth-order valence-electron chi connectivity index (χ4n) is 5.28. The van der Waals surface area contributed by atoms with E-state index in [1.807, 2.05) is 0 Å². The van der Waals surface area contributed by atoms with Crippen molar-refractivity contribution in [3.05, 3.63) is 0 Å². The Morgan fingerprint density at radius 1 is 0.905 bits per heavy atom. The second kappa shape index (κ2) is 7.97. The first-order valence-corrected chi connectivity index (χ1v) is 9.86. The normalized spacial score (nSPS) is 37.3. The Balaban J connectivity index is 1.63. The molecule has 0 radical (unpaired) electrons. The van der Waals surface area contributed by atoms with Crippen LogP contribution in [0.3, 0.4) is 0 Å². The van der Waals surface area contributed by atoms with Crippen LogP contribution in [-0.4, -0.2) is 36.6 Å². The highest BCUT2D eigenvalue weighted by Crippen LogP contribution is 2.33. The fraction of sp³-hybridized carbons (Fsp3) is 1.00. The Morgan fingerprint density at radius 2 is 1.67 bits per heavy atom. The van der Waals surface area contributed by atoms with Gasteiger partial charge in [-0.05, 0) is 57.0 Å². The number of hydrogen-bond acceptors (Lipinski definition) is 2. The fourth-order valence-corrected chi connectivity index (χ4v) is 5.28. The topological polar surface area (TPSA) is 15.3 Å². The van der Waals surface area contributed by atoms with Crippen molar-refractivity contribution in [2.24, 2.45) is 11.8 Å². The maximum Gasteiger partial charge on any atom is 0.0223 e. The van der Waals surface area contributed by atoms with Crippen LogP contribution in [0, 0.1) is 11.8 Å². The lowest BCUT2D eigenvalue weighted by Crippen LogP contribution is -2.49. The molecule has 0 bridgehead atoms. The Kier molecular flexibility index (Phi) is 5.99. The van der Waals surface area contributed by atoms with Crippen molar-refractivity contribution in [3.8, 4) is 0 Å². The van der Waals surface area contributed by atoms with Crippen molar-refractivity contribution in [1.29, 1.82) is 0 Å². The Hall–Kier alpha value is -0.0800. The summed E-state index contributed by atoms with van der Waals surface area (Å²) in [4.78, 5) is 2.91. The third-order valence-electron chi connectivity index (χ3n) is 6.54. The molecule has 2 saturated carbocycles. The van der Waals surface area contributed by atoms with Crippen LogP contribution in [0.1, 0.15) is 77.6 Å². The van der Waals surface area contributed by atoms with Crippen molar-refractivity contribution in [2.75, 3.05) is 19.6 Å². The van der Waals surface area contributed by atoms with Crippen LogP contribution in [-0.2, 0) is 0 Å². The summed E-state index contributed by atoms with van der Waals surface area (Å²) >= 11 is 0. The zero-order chi connectivity index (χ0) is 14.5. The molecular formula is C19H36N2. The van der Waals surface area contributed by atoms with Gasteiger partial charge < -0.3 is 5.32 Å². The van der Waals surface area contributed by atoms with Gasteiger partial charge in [0.15, 0.2) is 0 Å². The summed E-state index contributed by atoms with van der Waals surface area (Å²) in [6.45, 7) is 6.35. The molecule has 0 aromatic rings. The van der Waals surface area contributed by atoms with Gasteiger partial charge in [0.2, 0.25) is 0 Å². The van der Waals surface area contributed by atoms with E-state index in [1.165, 1.54) is 90.3 Å². The van der Waals surface area contributed by atoms with Crippen molar-refractivity contribution in [1.82, 2.24) is 10.2 Å². The molecule has 1 aliphatic heterocycles. The van der Waals surface area contributed by atoms with Gasteiger partial charge in [0.25, 0.3) is 0 Å². The lowest BCUT2D eigenvalue weighted by molar-refractivity contribution is 0.0884. The summed E-state index contributed by atoms with van der Waals surface area (Å²) in [5.74, 6) is 1.94. The van der Waals surface area contributed by atoms with Gasteiger partial charge in [-0.1, -0.05) is 45.4 Å². The average molecular weight is 293 g/mol. The summed E-state index contributed by atoms with van der Waals surface area (Å²) in [6, 6.07) is 1.68. The van der Waals surface area contributed by atoms with Gasteiger partial charge in [-0.15, -0.1) is 0 Å². The third kappa shape index (κ3) is 4.01. The minimum Gasteiger partial charge on any atom is -0.312 e. The molecule has 3 rings (SSSR count). The van der Waals surface area contributed by atoms with Crippen molar-refractivity contribution >= 4 is 0 Å². The maximum atomic E-state index is 3.91. The van der Waals surface area contributed by atoms with Crippen LogP contribution in [0.25, 0.3) is 0 Å². The molecule has 3 atom stereocenters. The number of nitrogens with one attached hydrogen (secondary N) is 1. The monoisotopic (exact) mass is 292 g/mol. The minimum atomic E-state index is 0.784. The Morgan fingerprint density at radius 3 is 2.48 bits per heavy atom. The van der Waals surface area contributed by atoms with E-state index < -0.39 is 0 Å². The van der Waals surface area contributed by atoms with E-state index in [2.05, 4.69) is 17.1 Å². The summed E-state index contributed by atoms with van der Waals surface area (Å²) in [6.07, 6.45) is 16.0. The molecule has 1 heterocycles. The molecule has 3 fully saturated rings. The molecule has 2 aliphatic carbocycles. The van der Waals surface area contributed by atoms with Crippen LogP contribution in [0.5, 0.6) is 0 Å². The molecule has 2 heteroatoms. The second-order valence-electron chi connectivity index (χ2n) is 7.83. The largest absolute Gasteiger partial charge is 0.312 e. The van der Waals surface area contributed by atoms with Gasteiger partial charge in [0.1, 0.15) is 0 Å². The first-order valence-electron chi connectivity index (χ1n) is 9.86. The maximum absolute atomic E-state index is 3.91. The van der Waals surface area contributed by atoms with Crippen LogP contribution in [0.4, 0.5) is 0 Å². The molecule has 0 spiro atoms. The molecule has 3 unspecified atom stereocenters. The Bertz CT molecular complexity index is 298. The van der Waals surface area contributed by atoms with Gasteiger partial charge in [-0.2, -0.15) is 0 Å². The van der Waals surface area contributed by atoms with Crippen LogP contribution in [0.2, 0.25) is 0 Å². The smallest absolute Gasteiger partial charge is 0.0223 e. The van der Waals surface area contributed by atoms with Gasteiger partial charge >= 0.3 is 0 Å². The summed E-state index contributed by atoms with van der Waals surface area (Å²) in [5, 5.41) is 3.91. The van der Waals surface area contributed by atoms with E-state index in [4.69, 9.17) is 0 Å². The zero-order valence-corrected chi connectivity index (χ0v) is 14.2. The molecule has 3 aliphatic rings. The second-order valence-corrected chi connectivity index (χ2v) is 7.83. The van der Waals surface area contributed by atoms with E-state index in [9.17, 15) is 0 Å². The summed E-state index contributed by atoms with van der Waals surface area (Å²) < 4.78 is 0. The lowest BCUT2D eigenvalue weighted by atomic mass is 9.80. The minimum absolute atomic E-state index is 0.784. The molecule has 2 nitrogen and oxygen atoms in total. The molecule has 0 aromatic heterocycles. The first-order chi connectivity index (χ1) is 10.4.